The van der Waals surface area contributed by atoms with Crippen LogP contribution in [0.5, 0.6) is 0 Å². The van der Waals surface area contributed by atoms with Gasteiger partial charge in [-0.05, 0) is 59.7 Å². The average Bonchev–Trinajstić information content (AvgIpc) is 3.46. The van der Waals surface area contributed by atoms with E-state index in [1.807, 2.05) is 6.07 Å². The summed E-state index contributed by atoms with van der Waals surface area (Å²) in [4.78, 5) is 7.64. The summed E-state index contributed by atoms with van der Waals surface area (Å²) >= 11 is 0. The van der Waals surface area contributed by atoms with Crippen molar-refractivity contribution in [1.29, 1.82) is 0 Å². The molecule has 3 nitrogen and oxygen atoms in total. The Balaban J connectivity index is 1.27. The lowest BCUT2D eigenvalue weighted by Crippen LogP contribution is -2.13. The van der Waals surface area contributed by atoms with Gasteiger partial charge in [-0.15, -0.1) is 0 Å². The molecule has 0 amide bonds. The molecule has 2 aromatic heterocycles. The molecule has 8 aromatic rings. The lowest BCUT2D eigenvalue weighted by Gasteiger charge is -2.26. The van der Waals surface area contributed by atoms with Crippen LogP contribution < -0.4 is 4.90 Å². The van der Waals surface area contributed by atoms with Crippen LogP contribution in [0, 0.1) is 0 Å². The van der Waals surface area contributed by atoms with Crippen molar-refractivity contribution in [2.45, 2.75) is 0 Å². The van der Waals surface area contributed by atoms with E-state index < -0.39 is 0 Å². The van der Waals surface area contributed by atoms with Crippen molar-refractivity contribution in [3.63, 3.8) is 0 Å². The number of hydrogen-bond donors (Lipinski definition) is 0. The fraction of sp³-hybridized carbons (Fsp3) is 0. The number of benzene rings is 6. The van der Waals surface area contributed by atoms with E-state index in [1.54, 1.807) is 0 Å². The first-order chi connectivity index (χ1) is 22.8. The standard InChI is InChI=1S/C43H29N3/c1-3-14-30(15-4-1)34-27-38(31-16-5-2-6-17-31)44-39(28-34)32-19-13-20-35(26-32)45-41-24-11-8-21-36(41)37-22-9-12-25-42(37)46-40-23-10-7-18-33(40)29-43(45)46/h1-29H. The Bertz CT molecular complexity index is 2310. The zero-order chi connectivity index (χ0) is 30.5. The molecule has 0 saturated carbocycles. The van der Waals surface area contributed by atoms with Crippen molar-refractivity contribution in [3.8, 4) is 50.5 Å². The molecular formula is C43H29N3. The van der Waals surface area contributed by atoms with E-state index in [0.29, 0.717) is 0 Å². The van der Waals surface area contributed by atoms with E-state index in [1.165, 1.54) is 33.3 Å². The molecule has 46 heavy (non-hydrogen) atoms. The average molecular weight is 588 g/mol. The molecule has 0 saturated heterocycles. The van der Waals surface area contributed by atoms with Gasteiger partial charge in [-0.25, -0.2) is 4.98 Å². The highest BCUT2D eigenvalue weighted by molar-refractivity contribution is 5.99. The molecule has 0 aliphatic carbocycles. The Morgan fingerprint density at radius 2 is 0.978 bits per heavy atom. The second kappa shape index (κ2) is 10.8. The molecule has 0 fully saturated rings. The highest BCUT2D eigenvalue weighted by Crippen LogP contribution is 2.49. The fourth-order valence-corrected chi connectivity index (χ4v) is 6.78. The second-order valence-corrected chi connectivity index (χ2v) is 11.7. The van der Waals surface area contributed by atoms with Gasteiger partial charge < -0.3 is 0 Å². The summed E-state index contributed by atoms with van der Waals surface area (Å²) in [7, 11) is 0. The highest BCUT2D eigenvalue weighted by atomic mass is 15.3. The van der Waals surface area contributed by atoms with E-state index in [0.717, 1.165) is 45.3 Å². The maximum Gasteiger partial charge on any atom is 0.123 e. The highest BCUT2D eigenvalue weighted by Gasteiger charge is 2.27. The number of nitrogens with zero attached hydrogens (tertiary/aromatic N) is 3. The van der Waals surface area contributed by atoms with Gasteiger partial charge in [0.1, 0.15) is 5.82 Å². The molecule has 0 bridgehead atoms. The molecule has 9 rings (SSSR count). The third-order valence-corrected chi connectivity index (χ3v) is 8.90. The molecule has 0 N–H and O–H groups in total. The van der Waals surface area contributed by atoms with Crippen molar-refractivity contribution in [2.75, 3.05) is 4.90 Å². The van der Waals surface area contributed by atoms with Crippen LogP contribution in [-0.2, 0) is 0 Å². The summed E-state index contributed by atoms with van der Waals surface area (Å²) in [6.07, 6.45) is 0. The second-order valence-electron chi connectivity index (χ2n) is 11.7. The van der Waals surface area contributed by atoms with Gasteiger partial charge >= 0.3 is 0 Å². The Morgan fingerprint density at radius 3 is 1.76 bits per heavy atom. The maximum absolute atomic E-state index is 5.24. The topological polar surface area (TPSA) is 21.1 Å². The number of anilines is 3. The molecule has 3 heterocycles. The number of hydrogen-bond acceptors (Lipinski definition) is 2. The lowest BCUT2D eigenvalue weighted by atomic mass is 9.99. The molecule has 0 spiro atoms. The molecule has 3 heteroatoms. The van der Waals surface area contributed by atoms with Crippen molar-refractivity contribution in [3.05, 3.63) is 176 Å². The van der Waals surface area contributed by atoms with Crippen LogP contribution in [-0.4, -0.2) is 9.55 Å². The SMILES string of the molecule is c1ccc(-c2cc(-c3ccccc3)nc(-c3cccc(N4c5ccccc5-c5ccccc5-n5c4cc4ccccc45)c3)c2)cc1. The smallest absolute Gasteiger partial charge is 0.123 e. The van der Waals surface area contributed by atoms with Gasteiger partial charge in [0, 0.05) is 33.3 Å². The molecule has 216 valence electrons. The van der Waals surface area contributed by atoms with Gasteiger partial charge in [-0.3, -0.25) is 9.47 Å². The van der Waals surface area contributed by atoms with E-state index in [2.05, 4.69) is 179 Å². The van der Waals surface area contributed by atoms with Crippen molar-refractivity contribution >= 4 is 28.1 Å². The molecular weight excluding hydrogens is 558 g/mol. The zero-order valence-corrected chi connectivity index (χ0v) is 25.1. The van der Waals surface area contributed by atoms with Crippen LogP contribution in [0.25, 0.3) is 61.4 Å². The van der Waals surface area contributed by atoms with Gasteiger partial charge in [-0.2, -0.15) is 0 Å². The minimum Gasteiger partial charge on any atom is -0.295 e. The van der Waals surface area contributed by atoms with E-state index in [-0.39, 0.29) is 0 Å². The molecule has 0 unspecified atom stereocenters. The van der Waals surface area contributed by atoms with Crippen LogP contribution in [0.1, 0.15) is 0 Å². The Labute approximate surface area is 268 Å². The first-order valence-electron chi connectivity index (χ1n) is 15.6. The summed E-state index contributed by atoms with van der Waals surface area (Å²) in [6, 6.07) is 62.6. The summed E-state index contributed by atoms with van der Waals surface area (Å²) in [6.45, 7) is 0. The first-order valence-corrected chi connectivity index (χ1v) is 15.6. The quantitative estimate of drug-likeness (QED) is 0.204. The van der Waals surface area contributed by atoms with Crippen LogP contribution in [0.3, 0.4) is 0 Å². The van der Waals surface area contributed by atoms with Gasteiger partial charge in [0.2, 0.25) is 0 Å². The van der Waals surface area contributed by atoms with Gasteiger partial charge in [0.05, 0.1) is 28.3 Å². The van der Waals surface area contributed by atoms with Crippen LogP contribution in [0.2, 0.25) is 0 Å². The van der Waals surface area contributed by atoms with Gasteiger partial charge in [0.25, 0.3) is 0 Å². The monoisotopic (exact) mass is 587 g/mol. The Morgan fingerprint density at radius 1 is 0.391 bits per heavy atom. The summed E-state index contributed by atoms with van der Waals surface area (Å²) < 4.78 is 2.40. The summed E-state index contributed by atoms with van der Waals surface area (Å²) in [5, 5.41) is 1.21. The lowest BCUT2D eigenvalue weighted by molar-refractivity contribution is 1.09. The molecule has 1 aliphatic heterocycles. The normalized spacial score (nSPS) is 11.9. The first kappa shape index (κ1) is 26.2. The third-order valence-electron chi connectivity index (χ3n) is 8.90. The van der Waals surface area contributed by atoms with Crippen molar-refractivity contribution in [2.24, 2.45) is 0 Å². The molecule has 0 atom stereocenters. The maximum atomic E-state index is 5.24. The minimum absolute atomic E-state index is 0.939. The Kier molecular flexibility index (Phi) is 6.14. The predicted molar refractivity (Wildman–Crippen MR) is 191 cm³/mol. The van der Waals surface area contributed by atoms with E-state index >= 15 is 0 Å². The van der Waals surface area contributed by atoms with Crippen LogP contribution in [0.4, 0.5) is 17.2 Å². The number of aromatic nitrogens is 2. The summed E-state index contributed by atoms with van der Waals surface area (Å²) in [5.41, 5.74) is 13.4. The number of rotatable bonds is 4. The predicted octanol–water partition coefficient (Wildman–Crippen LogP) is 11.5. The van der Waals surface area contributed by atoms with Crippen molar-refractivity contribution < 1.29 is 0 Å². The molecule has 6 aromatic carbocycles. The van der Waals surface area contributed by atoms with Crippen molar-refractivity contribution in [1.82, 2.24) is 9.55 Å². The van der Waals surface area contributed by atoms with Crippen LogP contribution in [0.15, 0.2) is 176 Å². The largest absolute Gasteiger partial charge is 0.295 e. The number of fused-ring (bicyclic) bond motifs is 7. The van der Waals surface area contributed by atoms with Gasteiger partial charge in [0.15, 0.2) is 0 Å². The van der Waals surface area contributed by atoms with E-state index in [4.69, 9.17) is 4.98 Å². The number of para-hydroxylation sites is 3. The number of pyridine rings is 1. The van der Waals surface area contributed by atoms with Gasteiger partial charge in [-0.1, -0.05) is 127 Å². The minimum atomic E-state index is 0.939. The molecule has 1 aliphatic rings. The Hall–Kier alpha value is -6.19. The molecule has 0 radical (unpaired) electrons. The van der Waals surface area contributed by atoms with E-state index in [9.17, 15) is 0 Å². The fourth-order valence-electron chi connectivity index (χ4n) is 6.78. The zero-order valence-electron chi connectivity index (χ0n) is 25.1. The van der Waals surface area contributed by atoms with Crippen LogP contribution >= 0.6 is 0 Å². The summed E-state index contributed by atoms with van der Waals surface area (Å²) in [5.74, 6) is 1.10. The third kappa shape index (κ3) is 4.33.